The number of hydrogen-bond donors (Lipinski definition) is 0. The summed E-state index contributed by atoms with van der Waals surface area (Å²) in [6.45, 7) is 5.51. The molecule has 0 atom stereocenters. The van der Waals surface area contributed by atoms with Gasteiger partial charge in [0.2, 0.25) is 5.91 Å². The SMILES string of the molecule is CCOc1ccc(CC(=O)N2CCC(Cn3c(COc4ccccc4)nc4ccccc43)CC2)cc1. The minimum Gasteiger partial charge on any atom is -0.494 e. The molecule has 0 aliphatic carbocycles. The fourth-order valence-electron chi connectivity index (χ4n) is 4.88. The van der Waals surface area contributed by atoms with Crippen LogP contribution >= 0.6 is 0 Å². The first-order chi connectivity index (χ1) is 17.7. The topological polar surface area (TPSA) is 56.6 Å². The summed E-state index contributed by atoms with van der Waals surface area (Å²) in [7, 11) is 0. The van der Waals surface area contributed by atoms with Crippen LogP contribution in [0.3, 0.4) is 0 Å². The molecule has 2 heterocycles. The van der Waals surface area contributed by atoms with Gasteiger partial charge in [0.15, 0.2) is 0 Å². The zero-order chi connectivity index (χ0) is 24.7. The highest BCUT2D eigenvalue weighted by atomic mass is 16.5. The maximum absolute atomic E-state index is 12.9. The van der Waals surface area contributed by atoms with Crippen molar-refractivity contribution in [3.8, 4) is 11.5 Å². The molecule has 5 rings (SSSR count). The molecule has 0 spiro atoms. The van der Waals surface area contributed by atoms with Crippen LogP contribution in [0.15, 0.2) is 78.9 Å². The van der Waals surface area contributed by atoms with Gasteiger partial charge in [-0.15, -0.1) is 0 Å². The number of amides is 1. The summed E-state index contributed by atoms with van der Waals surface area (Å²) in [5, 5.41) is 0. The second-order valence-corrected chi connectivity index (χ2v) is 9.31. The lowest BCUT2D eigenvalue weighted by atomic mass is 9.96. The van der Waals surface area contributed by atoms with Crippen LogP contribution in [0.5, 0.6) is 11.5 Å². The van der Waals surface area contributed by atoms with Gasteiger partial charge in [-0.25, -0.2) is 4.98 Å². The molecule has 36 heavy (non-hydrogen) atoms. The second-order valence-electron chi connectivity index (χ2n) is 9.31. The summed E-state index contributed by atoms with van der Waals surface area (Å²) in [6.07, 6.45) is 2.41. The summed E-state index contributed by atoms with van der Waals surface area (Å²) in [5.41, 5.74) is 3.16. The summed E-state index contributed by atoms with van der Waals surface area (Å²) >= 11 is 0. The Labute approximate surface area is 212 Å². The van der Waals surface area contributed by atoms with E-state index in [1.807, 2.05) is 72.5 Å². The van der Waals surface area contributed by atoms with Crippen molar-refractivity contribution in [2.75, 3.05) is 19.7 Å². The monoisotopic (exact) mass is 483 g/mol. The van der Waals surface area contributed by atoms with E-state index >= 15 is 0 Å². The second kappa shape index (κ2) is 11.3. The minimum absolute atomic E-state index is 0.197. The van der Waals surface area contributed by atoms with Crippen LogP contribution in [-0.2, 0) is 24.4 Å². The molecule has 1 aliphatic heterocycles. The van der Waals surface area contributed by atoms with Crippen LogP contribution in [0.25, 0.3) is 11.0 Å². The zero-order valence-corrected chi connectivity index (χ0v) is 20.8. The van der Waals surface area contributed by atoms with E-state index in [0.717, 1.165) is 66.4 Å². The Morgan fingerprint density at radius 2 is 1.58 bits per heavy atom. The van der Waals surface area contributed by atoms with Crippen molar-refractivity contribution >= 4 is 16.9 Å². The van der Waals surface area contributed by atoms with Gasteiger partial charge in [0.25, 0.3) is 0 Å². The number of para-hydroxylation sites is 3. The van der Waals surface area contributed by atoms with Gasteiger partial charge < -0.3 is 18.9 Å². The Balaban J connectivity index is 1.20. The van der Waals surface area contributed by atoms with Gasteiger partial charge in [-0.3, -0.25) is 4.79 Å². The van der Waals surface area contributed by atoms with E-state index in [-0.39, 0.29) is 5.91 Å². The van der Waals surface area contributed by atoms with E-state index in [1.165, 1.54) is 0 Å². The zero-order valence-electron chi connectivity index (χ0n) is 20.8. The Hall–Kier alpha value is -3.80. The molecule has 1 saturated heterocycles. The molecule has 6 nitrogen and oxygen atoms in total. The molecule has 0 bridgehead atoms. The molecule has 4 aromatic rings. The van der Waals surface area contributed by atoms with Gasteiger partial charge in [0, 0.05) is 19.6 Å². The number of imidazole rings is 1. The predicted molar refractivity (Wildman–Crippen MR) is 141 cm³/mol. The van der Waals surface area contributed by atoms with Crippen LogP contribution in [0.4, 0.5) is 0 Å². The summed E-state index contributed by atoms with van der Waals surface area (Å²) < 4.78 is 13.8. The van der Waals surface area contributed by atoms with E-state index in [1.54, 1.807) is 0 Å². The number of nitrogens with zero attached hydrogens (tertiary/aromatic N) is 3. The van der Waals surface area contributed by atoms with Crippen molar-refractivity contribution in [3.05, 3.63) is 90.3 Å². The highest BCUT2D eigenvalue weighted by molar-refractivity contribution is 5.79. The molecule has 0 N–H and O–H groups in total. The Bertz CT molecular complexity index is 1280. The maximum Gasteiger partial charge on any atom is 0.226 e. The van der Waals surface area contributed by atoms with Crippen molar-refractivity contribution in [1.29, 1.82) is 0 Å². The third kappa shape index (κ3) is 5.70. The van der Waals surface area contributed by atoms with E-state index in [0.29, 0.717) is 25.6 Å². The third-order valence-corrected chi connectivity index (χ3v) is 6.84. The van der Waals surface area contributed by atoms with E-state index < -0.39 is 0 Å². The van der Waals surface area contributed by atoms with Crippen molar-refractivity contribution in [1.82, 2.24) is 14.5 Å². The smallest absolute Gasteiger partial charge is 0.226 e. The summed E-state index contributed by atoms with van der Waals surface area (Å²) in [6, 6.07) is 26.0. The number of likely N-dealkylation sites (tertiary alicyclic amines) is 1. The fraction of sp³-hybridized carbons (Fsp3) is 0.333. The molecule has 6 heteroatoms. The number of carbonyl (C=O) groups excluding carboxylic acids is 1. The lowest BCUT2D eigenvalue weighted by Crippen LogP contribution is -2.40. The Morgan fingerprint density at radius 1 is 0.889 bits per heavy atom. The standard InChI is InChI=1S/C30H33N3O3/c1-2-35-26-14-12-23(13-15-26)20-30(34)32-18-16-24(17-19-32)21-33-28-11-7-6-10-27(28)31-29(33)22-36-25-8-4-3-5-9-25/h3-15,24H,2,16-22H2,1H3. The molecule has 0 radical (unpaired) electrons. The number of rotatable bonds is 9. The van der Waals surface area contributed by atoms with E-state index in [4.69, 9.17) is 14.5 Å². The van der Waals surface area contributed by atoms with Crippen molar-refractivity contribution < 1.29 is 14.3 Å². The molecular weight excluding hydrogens is 450 g/mol. The molecule has 1 amide bonds. The highest BCUT2D eigenvalue weighted by Crippen LogP contribution is 2.25. The molecular formula is C30H33N3O3. The molecule has 1 fully saturated rings. The first kappa shape index (κ1) is 23.9. The lowest BCUT2D eigenvalue weighted by molar-refractivity contribution is -0.131. The van der Waals surface area contributed by atoms with Crippen molar-refractivity contribution in [3.63, 3.8) is 0 Å². The van der Waals surface area contributed by atoms with Crippen LogP contribution in [-0.4, -0.2) is 40.1 Å². The van der Waals surface area contributed by atoms with Crippen molar-refractivity contribution in [2.45, 2.75) is 39.3 Å². The number of carbonyl (C=O) groups is 1. The molecule has 186 valence electrons. The van der Waals surface area contributed by atoms with Crippen LogP contribution in [0, 0.1) is 5.92 Å². The van der Waals surface area contributed by atoms with Gasteiger partial charge in [-0.05, 0) is 67.6 Å². The van der Waals surface area contributed by atoms with Gasteiger partial charge in [0.1, 0.15) is 23.9 Å². The van der Waals surface area contributed by atoms with Gasteiger partial charge in [-0.1, -0.05) is 42.5 Å². The van der Waals surface area contributed by atoms with Crippen LogP contribution in [0.1, 0.15) is 31.2 Å². The fourth-order valence-corrected chi connectivity index (χ4v) is 4.88. The molecule has 3 aromatic carbocycles. The molecule has 0 saturated carbocycles. The summed E-state index contributed by atoms with van der Waals surface area (Å²) in [5.74, 6) is 3.31. The number of ether oxygens (including phenoxy) is 2. The summed E-state index contributed by atoms with van der Waals surface area (Å²) in [4.78, 5) is 19.8. The number of fused-ring (bicyclic) bond motifs is 1. The first-order valence-corrected chi connectivity index (χ1v) is 12.8. The van der Waals surface area contributed by atoms with Gasteiger partial charge >= 0.3 is 0 Å². The molecule has 0 unspecified atom stereocenters. The first-order valence-electron chi connectivity index (χ1n) is 12.8. The van der Waals surface area contributed by atoms with Crippen LogP contribution < -0.4 is 9.47 Å². The number of hydrogen-bond acceptors (Lipinski definition) is 4. The number of benzene rings is 3. The Kier molecular flexibility index (Phi) is 7.50. The molecule has 1 aliphatic rings. The Morgan fingerprint density at radius 3 is 2.33 bits per heavy atom. The number of aromatic nitrogens is 2. The largest absolute Gasteiger partial charge is 0.494 e. The average molecular weight is 484 g/mol. The third-order valence-electron chi connectivity index (χ3n) is 6.84. The number of piperidine rings is 1. The van der Waals surface area contributed by atoms with E-state index in [9.17, 15) is 4.79 Å². The quantitative estimate of drug-likeness (QED) is 0.316. The molecule has 1 aromatic heterocycles. The van der Waals surface area contributed by atoms with Gasteiger partial charge in [-0.2, -0.15) is 0 Å². The average Bonchev–Trinajstić information content (AvgIpc) is 3.27. The highest BCUT2D eigenvalue weighted by Gasteiger charge is 2.24. The van der Waals surface area contributed by atoms with Crippen molar-refractivity contribution in [2.24, 2.45) is 5.92 Å². The van der Waals surface area contributed by atoms with Gasteiger partial charge in [0.05, 0.1) is 24.1 Å². The van der Waals surface area contributed by atoms with E-state index in [2.05, 4.69) is 22.8 Å². The minimum atomic E-state index is 0.197. The maximum atomic E-state index is 12.9. The predicted octanol–water partition coefficient (Wildman–Crippen LogP) is 5.50. The van der Waals surface area contributed by atoms with Crippen LogP contribution in [0.2, 0.25) is 0 Å². The normalized spacial score (nSPS) is 14.2. The lowest BCUT2D eigenvalue weighted by Gasteiger charge is -2.32.